The molecule has 0 radical (unpaired) electrons. The Morgan fingerprint density at radius 3 is 2.50 bits per heavy atom. The number of Topliss-reactive ketones (excluding diaryl/α,β-unsaturated/α-hetero) is 1. The second kappa shape index (κ2) is 14.1. The summed E-state index contributed by atoms with van der Waals surface area (Å²) < 4.78 is 17.7. The Kier molecular flexibility index (Phi) is 10.6. The first-order valence-corrected chi connectivity index (χ1v) is 16.2. The van der Waals surface area contributed by atoms with Crippen molar-refractivity contribution in [2.24, 2.45) is 23.7 Å². The Morgan fingerprint density at radius 2 is 1.83 bits per heavy atom. The summed E-state index contributed by atoms with van der Waals surface area (Å²) in [5.74, 6) is -1.20. The molecule has 12 nitrogen and oxygen atoms in total. The maximum Gasteiger partial charge on any atom is 0.335 e. The Bertz CT molecular complexity index is 1420. The fourth-order valence-corrected chi connectivity index (χ4v) is 8.25. The summed E-state index contributed by atoms with van der Waals surface area (Å²) in [5, 5.41) is 75.1. The minimum absolute atomic E-state index is 0.00606. The van der Waals surface area contributed by atoms with Gasteiger partial charge in [0.25, 0.3) is 0 Å². The van der Waals surface area contributed by atoms with Crippen molar-refractivity contribution in [3.8, 4) is 11.5 Å². The molecule has 7 N–H and O–H groups in total. The van der Waals surface area contributed by atoms with E-state index in [-0.39, 0.29) is 52.5 Å². The third-order valence-electron chi connectivity index (χ3n) is 10.4. The maximum absolute atomic E-state index is 12.3. The average Bonchev–Trinajstić information content (AvgIpc) is 3.02. The zero-order chi connectivity index (χ0) is 33.3. The molecule has 3 fully saturated rings. The standard InChI is InChI=1S/C34H46O12/c1-17-11-22-12-23(32(41)42)13-24(28(22)29(38)26(17)18(2)37)45-33-30(39)31(40)34(43,25(14-36)46-33)9-8-19-5-3-6-20-15-44-16-21(27(19)20)7-4-10-35/h11-13,19-21,25,27,30-31,33,35-36,38-40,43H,3-10,14-16H2,1-2H3,(H,41,42)/t19-,20-,21+,25+,27+,30+,31+,33-,34+/m0/s1. The smallest absolute Gasteiger partial charge is 0.335 e. The number of rotatable bonds is 11. The van der Waals surface area contributed by atoms with Crippen LogP contribution in [0.4, 0.5) is 0 Å². The Hall–Kier alpha value is -2.84. The predicted octanol–water partition coefficient (Wildman–Crippen LogP) is 2.54. The first kappa shape index (κ1) is 34.5. The molecule has 1 saturated carbocycles. The van der Waals surface area contributed by atoms with E-state index >= 15 is 0 Å². The van der Waals surface area contributed by atoms with Crippen LogP contribution >= 0.6 is 0 Å². The molecule has 2 aliphatic heterocycles. The number of carboxylic acids is 1. The molecule has 0 aromatic heterocycles. The number of carbonyl (C=O) groups excluding carboxylic acids is 1. The molecule has 9 atom stereocenters. The number of aliphatic hydroxyl groups excluding tert-OH is 4. The van der Waals surface area contributed by atoms with Crippen LogP contribution in [-0.2, 0) is 9.47 Å². The van der Waals surface area contributed by atoms with Crippen molar-refractivity contribution in [2.75, 3.05) is 26.4 Å². The number of carbonyl (C=O) groups is 2. The Labute approximate surface area is 267 Å². The molecule has 0 spiro atoms. The fourth-order valence-electron chi connectivity index (χ4n) is 8.25. The molecule has 1 aliphatic carbocycles. The lowest BCUT2D eigenvalue weighted by Crippen LogP contribution is -2.68. The van der Waals surface area contributed by atoms with E-state index in [1.807, 2.05) is 0 Å². The second-order valence-corrected chi connectivity index (χ2v) is 13.3. The van der Waals surface area contributed by atoms with Crippen LogP contribution in [0.1, 0.15) is 78.1 Å². The van der Waals surface area contributed by atoms with E-state index in [0.29, 0.717) is 43.5 Å². The number of hydrogen-bond donors (Lipinski definition) is 7. The number of phenols is 1. The minimum Gasteiger partial charge on any atom is -0.506 e. The predicted molar refractivity (Wildman–Crippen MR) is 165 cm³/mol. The largest absolute Gasteiger partial charge is 0.506 e. The van der Waals surface area contributed by atoms with Crippen LogP contribution < -0.4 is 4.74 Å². The number of phenolic OH excluding ortho intramolecular Hbond substituents is 1. The summed E-state index contributed by atoms with van der Waals surface area (Å²) in [6, 6.07) is 3.96. The van der Waals surface area contributed by atoms with Crippen LogP contribution in [0.15, 0.2) is 18.2 Å². The molecule has 3 aliphatic rings. The Balaban J connectivity index is 1.40. The molecule has 2 aromatic carbocycles. The number of ketones is 1. The number of fused-ring (bicyclic) bond motifs is 2. The van der Waals surface area contributed by atoms with Crippen LogP contribution in [0.3, 0.4) is 0 Å². The second-order valence-electron chi connectivity index (χ2n) is 13.3. The third kappa shape index (κ3) is 6.49. The van der Waals surface area contributed by atoms with Crippen LogP contribution in [-0.4, -0.2) is 104 Å². The summed E-state index contributed by atoms with van der Waals surface area (Å²) in [4.78, 5) is 24.2. The lowest BCUT2D eigenvalue weighted by molar-refractivity contribution is -0.315. The molecular weight excluding hydrogens is 600 g/mol. The van der Waals surface area contributed by atoms with Gasteiger partial charge < -0.3 is 50.0 Å². The summed E-state index contributed by atoms with van der Waals surface area (Å²) in [5.41, 5.74) is -1.79. The van der Waals surface area contributed by atoms with Crippen LogP contribution in [0.25, 0.3) is 10.8 Å². The summed E-state index contributed by atoms with van der Waals surface area (Å²) in [6.45, 7) is 3.57. The van der Waals surface area contributed by atoms with Crippen molar-refractivity contribution in [2.45, 2.75) is 89.0 Å². The van der Waals surface area contributed by atoms with E-state index in [9.17, 15) is 45.3 Å². The molecule has 0 unspecified atom stereocenters. The van der Waals surface area contributed by atoms with Gasteiger partial charge in [-0.25, -0.2) is 4.79 Å². The monoisotopic (exact) mass is 646 g/mol. The average molecular weight is 647 g/mol. The van der Waals surface area contributed by atoms with Gasteiger partial charge in [0.05, 0.1) is 23.1 Å². The van der Waals surface area contributed by atoms with Gasteiger partial charge in [-0.15, -0.1) is 0 Å². The third-order valence-corrected chi connectivity index (χ3v) is 10.4. The highest BCUT2D eigenvalue weighted by atomic mass is 16.7. The molecule has 5 rings (SSSR count). The van der Waals surface area contributed by atoms with Gasteiger partial charge in [-0.3, -0.25) is 4.79 Å². The van der Waals surface area contributed by atoms with Gasteiger partial charge in [-0.05, 0) is 92.7 Å². The van der Waals surface area contributed by atoms with Crippen LogP contribution in [0.2, 0.25) is 0 Å². The van der Waals surface area contributed by atoms with Gasteiger partial charge in [-0.2, -0.15) is 0 Å². The molecular formula is C34H46O12. The van der Waals surface area contributed by atoms with Gasteiger partial charge in [0.15, 0.2) is 5.78 Å². The number of aromatic carboxylic acids is 1. The maximum atomic E-state index is 12.3. The lowest BCUT2D eigenvalue weighted by Gasteiger charge is -2.50. The molecule has 2 heterocycles. The molecule has 12 heteroatoms. The van der Waals surface area contributed by atoms with Crippen molar-refractivity contribution in [1.29, 1.82) is 0 Å². The first-order chi connectivity index (χ1) is 21.9. The first-order valence-electron chi connectivity index (χ1n) is 16.2. The summed E-state index contributed by atoms with van der Waals surface area (Å²) in [6.07, 6.45) is -1.63. The number of hydrogen-bond acceptors (Lipinski definition) is 11. The van der Waals surface area contributed by atoms with Gasteiger partial charge in [0.1, 0.15) is 35.4 Å². The van der Waals surface area contributed by atoms with Crippen LogP contribution in [0.5, 0.6) is 11.5 Å². The number of aryl methyl sites for hydroxylation is 1. The highest BCUT2D eigenvalue weighted by Crippen LogP contribution is 2.48. The molecule has 46 heavy (non-hydrogen) atoms. The van der Waals surface area contributed by atoms with Gasteiger partial charge in [0.2, 0.25) is 6.29 Å². The molecule has 0 bridgehead atoms. The van der Waals surface area contributed by atoms with E-state index in [1.165, 1.54) is 19.1 Å². The van der Waals surface area contributed by atoms with E-state index in [2.05, 4.69) is 0 Å². The van der Waals surface area contributed by atoms with Gasteiger partial charge in [-0.1, -0.05) is 18.9 Å². The number of carboxylic acid groups (broad SMARTS) is 1. The SMILES string of the molecule is CC(=O)c1c(C)cc2cc(C(=O)O)cc(O[C@H]3O[C@H](CO)[C@](O)(CC[C@@H]4CCC[C@H]5COC[C@@H](CCCO)[C@H]45)[C@H](O)[C@H]3O)c2c1O. The van der Waals surface area contributed by atoms with E-state index in [4.69, 9.17) is 14.2 Å². The van der Waals surface area contributed by atoms with Crippen molar-refractivity contribution in [3.05, 3.63) is 34.9 Å². The minimum atomic E-state index is -2.03. The summed E-state index contributed by atoms with van der Waals surface area (Å²) >= 11 is 0. The zero-order valence-electron chi connectivity index (χ0n) is 26.3. The van der Waals surface area contributed by atoms with Crippen molar-refractivity contribution in [3.63, 3.8) is 0 Å². The zero-order valence-corrected chi connectivity index (χ0v) is 26.3. The topological polar surface area (TPSA) is 203 Å². The molecule has 0 amide bonds. The number of aromatic hydroxyl groups is 1. The highest BCUT2D eigenvalue weighted by Gasteiger charge is 2.56. The van der Waals surface area contributed by atoms with E-state index < -0.39 is 54.3 Å². The molecule has 254 valence electrons. The highest BCUT2D eigenvalue weighted by molar-refractivity contribution is 6.08. The van der Waals surface area contributed by atoms with E-state index in [0.717, 1.165) is 31.7 Å². The quantitative estimate of drug-likeness (QED) is 0.176. The Morgan fingerprint density at radius 1 is 1.07 bits per heavy atom. The normalized spacial score (nSPS) is 33.0. The number of ether oxygens (including phenoxy) is 3. The number of benzene rings is 2. The van der Waals surface area contributed by atoms with Crippen molar-refractivity contribution in [1.82, 2.24) is 0 Å². The molecule has 2 saturated heterocycles. The van der Waals surface area contributed by atoms with Crippen LogP contribution in [0, 0.1) is 30.6 Å². The van der Waals surface area contributed by atoms with Gasteiger partial charge in [0, 0.05) is 19.8 Å². The summed E-state index contributed by atoms with van der Waals surface area (Å²) in [7, 11) is 0. The van der Waals surface area contributed by atoms with Crippen molar-refractivity contribution >= 4 is 22.5 Å². The number of aliphatic hydroxyl groups is 5. The van der Waals surface area contributed by atoms with Crippen molar-refractivity contribution < 1.29 is 59.5 Å². The van der Waals surface area contributed by atoms with Gasteiger partial charge >= 0.3 is 5.97 Å². The molecule has 2 aromatic rings. The van der Waals surface area contributed by atoms with E-state index in [1.54, 1.807) is 6.92 Å². The fraction of sp³-hybridized carbons (Fsp3) is 0.647. The lowest BCUT2D eigenvalue weighted by atomic mass is 9.62.